The normalized spacial score (nSPS) is 11.2. The standard InChI is InChI=1S/C11H15NO5S/c1-2-18(16,17)7-6-12-11(15)10-8(13)4-3-5-9(10)14/h3-5,13-14H,2,6-7H2,1H3,(H,12,15). The fourth-order valence-electron chi connectivity index (χ4n) is 1.31. The molecule has 18 heavy (non-hydrogen) atoms. The summed E-state index contributed by atoms with van der Waals surface area (Å²) >= 11 is 0. The van der Waals surface area contributed by atoms with E-state index in [1.807, 2.05) is 0 Å². The molecule has 0 spiro atoms. The summed E-state index contributed by atoms with van der Waals surface area (Å²) in [5.74, 6) is -1.59. The summed E-state index contributed by atoms with van der Waals surface area (Å²) in [4.78, 5) is 11.6. The molecule has 0 unspecified atom stereocenters. The Morgan fingerprint density at radius 2 is 1.83 bits per heavy atom. The van der Waals surface area contributed by atoms with E-state index in [0.717, 1.165) is 0 Å². The zero-order valence-electron chi connectivity index (χ0n) is 9.88. The third-order valence-corrected chi connectivity index (χ3v) is 4.09. The number of sulfone groups is 1. The van der Waals surface area contributed by atoms with Gasteiger partial charge in [-0.05, 0) is 12.1 Å². The van der Waals surface area contributed by atoms with Crippen molar-refractivity contribution >= 4 is 15.7 Å². The van der Waals surface area contributed by atoms with Crippen LogP contribution in [0, 0.1) is 0 Å². The molecular formula is C11H15NO5S. The number of benzene rings is 1. The van der Waals surface area contributed by atoms with E-state index in [9.17, 15) is 23.4 Å². The van der Waals surface area contributed by atoms with Crippen molar-refractivity contribution in [2.24, 2.45) is 0 Å². The molecule has 1 aromatic carbocycles. The van der Waals surface area contributed by atoms with E-state index in [4.69, 9.17) is 0 Å². The Hall–Kier alpha value is -1.76. The van der Waals surface area contributed by atoms with E-state index in [0.29, 0.717) is 0 Å². The van der Waals surface area contributed by atoms with Crippen LogP contribution in [0.3, 0.4) is 0 Å². The average Bonchev–Trinajstić information content (AvgIpc) is 2.28. The largest absolute Gasteiger partial charge is 0.507 e. The van der Waals surface area contributed by atoms with E-state index in [1.54, 1.807) is 0 Å². The second-order valence-corrected chi connectivity index (χ2v) is 6.14. The van der Waals surface area contributed by atoms with Gasteiger partial charge in [-0.25, -0.2) is 8.42 Å². The second-order valence-electron chi connectivity index (χ2n) is 3.66. The van der Waals surface area contributed by atoms with Gasteiger partial charge in [0.05, 0.1) is 5.75 Å². The number of rotatable bonds is 5. The summed E-state index contributed by atoms with van der Waals surface area (Å²) in [7, 11) is -3.16. The van der Waals surface area contributed by atoms with Gasteiger partial charge in [0.1, 0.15) is 17.1 Å². The zero-order valence-corrected chi connectivity index (χ0v) is 10.7. The first-order valence-corrected chi connectivity index (χ1v) is 7.19. The highest BCUT2D eigenvalue weighted by Crippen LogP contribution is 2.25. The number of aromatic hydroxyl groups is 2. The quantitative estimate of drug-likeness (QED) is 0.714. The van der Waals surface area contributed by atoms with Crippen molar-refractivity contribution in [3.05, 3.63) is 23.8 Å². The summed E-state index contributed by atoms with van der Waals surface area (Å²) in [6.45, 7) is 1.45. The van der Waals surface area contributed by atoms with Gasteiger partial charge in [0.2, 0.25) is 0 Å². The third-order valence-electron chi connectivity index (χ3n) is 2.39. The summed E-state index contributed by atoms with van der Waals surface area (Å²) < 4.78 is 22.4. The van der Waals surface area contributed by atoms with E-state index in [2.05, 4.69) is 5.32 Å². The molecule has 0 radical (unpaired) electrons. The number of phenolic OH excluding ortho intramolecular Hbond substituents is 2. The Bertz CT molecular complexity index is 518. The van der Waals surface area contributed by atoms with E-state index < -0.39 is 15.7 Å². The minimum Gasteiger partial charge on any atom is -0.507 e. The Morgan fingerprint density at radius 1 is 1.28 bits per heavy atom. The van der Waals surface area contributed by atoms with Crippen LogP contribution in [0.5, 0.6) is 11.5 Å². The second kappa shape index (κ2) is 5.72. The van der Waals surface area contributed by atoms with E-state index in [1.165, 1.54) is 25.1 Å². The highest BCUT2D eigenvalue weighted by molar-refractivity contribution is 7.91. The number of hydrogen-bond acceptors (Lipinski definition) is 5. The lowest BCUT2D eigenvalue weighted by Gasteiger charge is -2.08. The fourth-order valence-corrected chi connectivity index (χ4v) is 2.02. The number of carbonyl (C=O) groups is 1. The van der Waals surface area contributed by atoms with Crippen LogP contribution in [0.15, 0.2) is 18.2 Å². The third kappa shape index (κ3) is 3.63. The molecule has 1 aromatic rings. The molecule has 6 nitrogen and oxygen atoms in total. The molecule has 0 fully saturated rings. The van der Waals surface area contributed by atoms with Crippen molar-refractivity contribution in [1.82, 2.24) is 5.32 Å². The topological polar surface area (TPSA) is 104 Å². The average molecular weight is 273 g/mol. The van der Waals surface area contributed by atoms with Crippen molar-refractivity contribution in [2.45, 2.75) is 6.92 Å². The summed E-state index contributed by atoms with van der Waals surface area (Å²) in [6, 6.07) is 3.91. The molecule has 0 aliphatic carbocycles. The molecule has 0 heterocycles. The van der Waals surface area contributed by atoms with Gasteiger partial charge in [0.15, 0.2) is 9.84 Å². The SMILES string of the molecule is CCS(=O)(=O)CCNC(=O)c1c(O)cccc1O. The van der Waals surface area contributed by atoms with Crippen LogP contribution < -0.4 is 5.32 Å². The molecule has 1 amide bonds. The predicted octanol–water partition coefficient (Wildman–Crippen LogP) is 0.262. The van der Waals surface area contributed by atoms with Crippen LogP contribution in [-0.4, -0.2) is 42.6 Å². The lowest BCUT2D eigenvalue weighted by molar-refractivity contribution is 0.0950. The highest BCUT2D eigenvalue weighted by atomic mass is 32.2. The van der Waals surface area contributed by atoms with Gasteiger partial charge in [-0.15, -0.1) is 0 Å². The number of nitrogens with one attached hydrogen (secondary N) is 1. The number of phenols is 2. The van der Waals surface area contributed by atoms with Gasteiger partial charge in [0, 0.05) is 12.3 Å². The maximum absolute atomic E-state index is 11.6. The van der Waals surface area contributed by atoms with Crippen molar-refractivity contribution < 1.29 is 23.4 Å². The zero-order chi connectivity index (χ0) is 13.8. The molecule has 0 saturated carbocycles. The van der Waals surface area contributed by atoms with Gasteiger partial charge in [-0.2, -0.15) is 0 Å². The van der Waals surface area contributed by atoms with Gasteiger partial charge < -0.3 is 15.5 Å². The Labute approximate surface area is 105 Å². The molecular weight excluding hydrogens is 258 g/mol. The molecule has 0 aliphatic heterocycles. The molecule has 0 atom stereocenters. The van der Waals surface area contributed by atoms with Crippen molar-refractivity contribution in [2.75, 3.05) is 18.1 Å². The van der Waals surface area contributed by atoms with Crippen LogP contribution >= 0.6 is 0 Å². The number of hydrogen-bond donors (Lipinski definition) is 3. The van der Waals surface area contributed by atoms with Crippen LogP contribution in [0.2, 0.25) is 0 Å². The van der Waals surface area contributed by atoms with Gasteiger partial charge in [-0.1, -0.05) is 13.0 Å². The molecule has 1 rings (SSSR count). The van der Waals surface area contributed by atoms with Crippen LogP contribution in [0.25, 0.3) is 0 Å². The van der Waals surface area contributed by atoms with E-state index >= 15 is 0 Å². The van der Waals surface area contributed by atoms with Gasteiger partial charge in [0.25, 0.3) is 5.91 Å². The lowest BCUT2D eigenvalue weighted by Crippen LogP contribution is -2.29. The summed E-state index contributed by atoms with van der Waals surface area (Å²) in [6.07, 6.45) is 0. The predicted molar refractivity (Wildman–Crippen MR) is 66.4 cm³/mol. The first-order valence-electron chi connectivity index (χ1n) is 5.37. The maximum Gasteiger partial charge on any atom is 0.258 e. The molecule has 0 aliphatic rings. The molecule has 0 saturated heterocycles. The Morgan fingerprint density at radius 3 is 2.33 bits per heavy atom. The monoisotopic (exact) mass is 273 g/mol. The molecule has 3 N–H and O–H groups in total. The van der Waals surface area contributed by atoms with Gasteiger partial charge in [-0.3, -0.25) is 4.79 Å². The van der Waals surface area contributed by atoms with Gasteiger partial charge >= 0.3 is 0 Å². The van der Waals surface area contributed by atoms with Crippen molar-refractivity contribution in [3.8, 4) is 11.5 Å². The maximum atomic E-state index is 11.6. The summed E-state index contributed by atoms with van der Waals surface area (Å²) in [5, 5.41) is 21.2. The first kappa shape index (κ1) is 14.3. The Kier molecular flexibility index (Phi) is 4.55. The minimum absolute atomic E-state index is 0.00467. The molecule has 7 heteroatoms. The molecule has 100 valence electrons. The van der Waals surface area contributed by atoms with Crippen molar-refractivity contribution in [3.63, 3.8) is 0 Å². The van der Waals surface area contributed by atoms with Crippen LogP contribution in [0.1, 0.15) is 17.3 Å². The first-order chi connectivity index (χ1) is 8.37. The summed E-state index contributed by atoms with van der Waals surface area (Å²) in [5.41, 5.74) is -0.258. The fraction of sp³-hybridized carbons (Fsp3) is 0.364. The van der Waals surface area contributed by atoms with E-state index in [-0.39, 0.29) is 35.1 Å². The smallest absolute Gasteiger partial charge is 0.258 e. The highest BCUT2D eigenvalue weighted by Gasteiger charge is 2.16. The van der Waals surface area contributed by atoms with Crippen LogP contribution in [-0.2, 0) is 9.84 Å². The minimum atomic E-state index is -3.16. The Balaban J connectivity index is 2.67. The van der Waals surface area contributed by atoms with Crippen molar-refractivity contribution in [1.29, 1.82) is 0 Å². The molecule has 0 aromatic heterocycles. The lowest BCUT2D eigenvalue weighted by atomic mass is 10.1. The number of carbonyl (C=O) groups excluding carboxylic acids is 1. The number of amides is 1. The molecule has 0 bridgehead atoms. The van der Waals surface area contributed by atoms with Crippen LogP contribution in [0.4, 0.5) is 0 Å².